The largest absolute Gasteiger partial charge is 0.462 e. The van der Waals surface area contributed by atoms with Crippen LogP contribution in [0.1, 0.15) is 29.3 Å². The molecule has 8 heteroatoms. The monoisotopic (exact) mass is 432 g/mol. The summed E-state index contributed by atoms with van der Waals surface area (Å²) in [6.45, 7) is 4.03. The van der Waals surface area contributed by atoms with Gasteiger partial charge < -0.3 is 10.1 Å². The van der Waals surface area contributed by atoms with Crippen LogP contribution >= 0.6 is 23.2 Å². The minimum absolute atomic E-state index is 0.0764. The molecule has 1 aliphatic heterocycles. The fourth-order valence-electron chi connectivity index (χ4n) is 2.71. The summed E-state index contributed by atoms with van der Waals surface area (Å²) < 4.78 is 5.11. The molecule has 1 N–H and O–H groups in total. The van der Waals surface area contributed by atoms with Gasteiger partial charge in [0.25, 0.3) is 11.8 Å². The standard InChI is InChI=1S/C21H18Cl2N2O4/c1-3-9-29-21(28)13-5-4-6-14(10-13)24-18-17(23)19(26)25(20(18)27)15-8-7-12(2)16(22)11-15/h4-8,10-11,24H,3,9H2,1-2H3. The van der Waals surface area contributed by atoms with E-state index in [-0.39, 0.29) is 10.7 Å². The van der Waals surface area contributed by atoms with Crippen molar-refractivity contribution in [1.82, 2.24) is 0 Å². The fraction of sp³-hybridized carbons (Fsp3) is 0.190. The van der Waals surface area contributed by atoms with E-state index < -0.39 is 17.8 Å². The van der Waals surface area contributed by atoms with Crippen LogP contribution in [0.15, 0.2) is 53.2 Å². The first-order chi connectivity index (χ1) is 13.8. The lowest BCUT2D eigenvalue weighted by Crippen LogP contribution is -2.32. The Kier molecular flexibility index (Phi) is 6.25. The highest BCUT2D eigenvalue weighted by Gasteiger charge is 2.39. The normalized spacial score (nSPS) is 13.9. The van der Waals surface area contributed by atoms with Gasteiger partial charge in [0.2, 0.25) is 0 Å². The quantitative estimate of drug-likeness (QED) is 0.530. The number of aryl methyl sites for hydroxylation is 1. The molecule has 0 saturated heterocycles. The number of esters is 1. The zero-order valence-electron chi connectivity index (χ0n) is 15.8. The van der Waals surface area contributed by atoms with Gasteiger partial charge in [-0.3, -0.25) is 9.59 Å². The van der Waals surface area contributed by atoms with Crippen molar-refractivity contribution in [2.45, 2.75) is 20.3 Å². The number of amides is 2. The number of hydrogen-bond acceptors (Lipinski definition) is 5. The van der Waals surface area contributed by atoms with E-state index in [0.29, 0.717) is 35.0 Å². The number of nitrogens with one attached hydrogen (secondary N) is 1. The molecule has 0 unspecified atom stereocenters. The number of carbonyl (C=O) groups excluding carboxylic acids is 3. The summed E-state index contributed by atoms with van der Waals surface area (Å²) >= 11 is 12.3. The van der Waals surface area contributed by atoms with Crippen molar-refractivity contribution in [3.8, 4) is 0 Å². The molecule has 0 atom stereocenters. The Hall–Kier alpha value is -2.83. The van der Waals surface area contributed by atoms with Crippen LogP contribution in [0.25, 0.3) is 0 Å². The number of nitrogens with zero attached hydrogens (tertiary/aromatic N) is 1. The van der Waals surface area contributed by atoms with Gasteiger partial charge in [-0.15, -0.1) is 0 Å². The number of hydrogen-bond donors (Lipinski definition) is 1. The number of anilines is 2. The molecular weight excluding hydrogens is 415 g/mol. The molecule has 150 valence electrons. The highest BCUT2D eigenvalue weighted by molar-refractivity contribution is 6.53. The Morgan fingerprint density at radius 3 is 2.55 bits per heavy atom. The van der Waals surface area contributed by atoms with Crippen molar-refractivity contribution in [2.24, 2.45) is 0 Å². The smallest absolute Gasteiger partial charge is 0.338 e. The third-order valence-corrected chi connectivity index (χ3v) is 5.00. The predicted octanol–water partition coefficient (Wildman–Crippen LogP) is 4.65. The molecular formula is C21H18Cl2N2O4. The van der Waals surface area contributed by atoms with Crippen LogP contribution in [0.2, 0.25) is 5.02 Å². The SMILES string of the molecule is CCCOC(=O)c1cccc(NC2=C(Cl)C(=O)N(c3ccc(C)c(Cl)c3)C2=O)c1. The van der Waals surface area contributed by atoms with Crippen LogP contribution in [-0.4, -0.2) is 24.4 Å². The molecule has 0 fully saturated rings. The van der Waals surface area contributed by atoms with E-state index in [0.717, 1.165) is 10.5 Å². The van der Waals surface area contributed by atoms with Crippen LogP contribution in [0.5, 0.6) is 0 Å². The molecule has 0 aromatic heterocycles. The number of imide groups is 1. The molecule has 2 aromatic carbocycles. The van der Waals surface area contributed by atoms with Gasteiger partial charge in [0.1, 0.15) is 10.7 Å². The van der Waals surface area contributed by atoms with Gasteiger partial charge >= 0.3 is 5.97 Å². The molecule has 6 nitrogen and oxygen atoms in total. The lowest BCUT2D eigenvalue weighted by molar-refractivity contribution is -0.120. The fourth-order valence-corrected chi connectivity index (χ4v) is 3.10. The Balaban J connectivity index is 1.84. The second-order valence-corrected chi connectivity index (χ2v) is 7.20. The van der Waals surface area contributed by atoms with Crippen LogP contribution in [0, 0.1) is 6.92 Å². The maximum absolute atomic E-state index is 12.9. The predicted molar refractivity (Wildman–Crippen MR) is 112 cm³/mol. The van der Waals surface area contributed by atoms with E-state index in [1.807, 2.05) is 13.8 Å². The van der Waals surface area contributed by atoms with E-state index in [4.69, 9.17) is 27.9 Å². The first-order valence-corrected chi connectivity index (χ1v) is 9.68. The highest BCUT2D eigenvalue weighted by atomic mass is 35.5. The average molecular weight is 433 g/mol. The van der Waals surface area contributed by atoms with E-state index in [2.05, 4.69) is 5.32 Å². The van der Waals surface area contributed by atoms with Crippen molar-refractivity contribution < 1.29 is 19.1 Å². The molecule has 29 heavy (non-hydrogen) atoms. The minimum atomic E-state index is -0.655. The number of carbonyl (C=O) groups is 3. The third-order valence-electron chi connectivity index (χ3n) is 4.25. The Morgan fingerprint density at radius 1 is 1.10 bits per heavy atom. The highest BCUT2D eigenvalue weighted by Crippen LogP contribution is 2.32. The molecule has 0 saturated carbocycles. The van der Waals surface area contributed by atoms with Gasteiger partial charge in [-0.1, -0.05) is 42.3 Å². The van der Waals surface area contributed by atoms with Gasteiger partial charge in [-0.2, -0.15) is 0 Å². The number of halogens is 2. The molecule has 0 spiro atoms. The number of rotatable bonds is 6. The lowest BCUT2D eigenvalue weighted by atomic mass is 10.2. The summed E-state index contributed by atoms with van der Waals surface area (Å²) in [5, 5.41) is 3.03. The topological polar surface area (TPSA) is 75.7 Å². The van der Waals surface area contributed by atoms with E-state index in [1.165, 1.54) is 12.1 Å². The van der Waals surface area contributed by atoms with Crippen LogP contribution in [0.4, 0.5) is 11.4 Å². The summed E-state index contributed by atoms with van der Waals surface area (Å²) in [6, 6.07) is 11.3. The molecule has 2 aromatic rings. The Morgan fingerprint density at radius 2 is 1.86 bits per heavy atom. The second-order valence-electron chi connectivity index (χ2n) is 6.41. The molecule has 2 amide bonds. The molecule has 0 radical (unpaired) electrons. The van der Waals surface area contributed by atoms with Gasteiger partial charge in [0.05, 0.1) is 17.9 Å². The first-order valence-electron chi connectivity index (χ1n) is 8.92. The van der Waals surface area contributed by atoms with E-state index in [1.54, 1.807) is 30.3 Å². The summed E-state index contributed by atoms with van der Waals surface area (Å²) in [4.78, 5) is 38.4. The molecule has 0 bridgehead atoms. The van der Waals surface area contributed by atoms with Crippen molar-refractivity contribution in [3.63, 3.8) is 0 Å². The number of benzene rings is 2. The van der Waals surface area contributed by atoms with Crippen LogP contribution in [0.3, 0.4) is 0 Å². The minimum Gasteiger partial charge on any atom is -0.462 e. The molecule has 3 rings (SSSR count). The van der Waals surface area contributed by atoms with Crippen LogP contribution in [-0.2, 0) is 14.3 Å². The maximum atomic E-state index is 12.9. The van der Waals surface area contributed by atoms with Crippen molar-refractivity contribution in [1.29, 1.82) is 0 Å². The van der Waals surface area contributed by atoms with E-state index in [9.17, 15) is 14.4 Å². The lowest BCUT2D eigenvalue weighted by Gasteiger charge is -2.16. The summed E-state index contributed by atoms with van der Waals surface area (Å²) in [6.07, 6.45) is 0.710. The average Bonchev–Trinajstić information content (AvgIpc) is 2.92. The summed E-state index contributed by atoms with van der Waals surface area (Å²) in [5.74, 6) is -1.74. The van der Waals surface area contributed by atoms with Crippen molar-refractivity contribution in [3.05, 3.63) is 69.3 Å². The summed E-state index contributed by atoms with van der Waals surface area (Å²) in [5.41, 5.74) is 1.81. The van der Waals surface area contributed by atoms with Gasteiger partial charge in [0.15, 0.2) is 0 Å². The van der Waals surface area contributed by atoms with Gasteiger partial charge in [-0.25, -0.2) is 9.69 Å². The van der Waals surface area contributed by atoms with Crippen molar-refractivity contribution >= 4 is 52.4 Å². The second kappa shape index (κ2) is 8.68. The Labute approximate surface area is 178 Å². The van der Waals surface area contributed by atoms with Gasteiger partial charge in [-0.05, 0) is 49.2 Å². The first kappa shape index (κ1) is 20.9. The van der Waals surface area contributed by atoms with E-state index >= 15 is 0 Å². The zero-order chi connectivity index (χ0) is 21.1. The Bertz CT molecular complexity index is 1030. The van der Waals surface area contributed by atoms with Crippen LogP contribution < -0.4 is 10.2 Å². The maximum Gasteiger partial charge on any atom is 0.338 e. The number of ether oxygens (including phenoxy) is 1. The molecule has 1 aliphatic rings. The van der Waals surface area contributed by atoms with Crippen molar-refractivity contribution in [2.75, 3.05) is 16.8 Å². The zero-order valence-corrected chi connectivity index (χ0v) is 17.3. The third kappa shape index (κ3) is 4.28. The molecule has 1 heterocycles. The molecule has 0 aliphatic carbocycles. The van der Waals surface area contributed by atoms with Gasteiger partial charge in [0, 0.05) is 10.7 Å². The summed E-state index contributed by atoms with van der Waals surface area (Å²) in [7, 11) is 0.